The quantitative estimate of drug-likeness (QED) is 0.156. The summed E-state index contributed by atoms with van der Waals surface area (Å²) in [6.07, 6.45) is 8.61. The van der Waals surface area contributed by atoms with Gasteiger partial charge < -0.3 is 4.90 Å². The number of anilines is 3. The Morgan fingerprint density at radius 3 is 1.77 bits per heavy atom. The second kappa shape index (κ2) is 13.7. The number of hydrogen-bond acceptors (Lipinski definition) is 1. The van der Waals surface area contributed by atoms with Crippen molar-refractivity contribution in [3.8, 4) is 44.5 Å². The maximum Gasteiger partial charge on any atom is 0.0540 e. The van der Waals surface area contributed by atoms with Crippen molar-refractivity contribution in [3.05, 3.63) is 199 Å². The third-order valence-corrected chi connectivity index (χ3v) is 15.2. The van der Waals surface area contributed by atoms with Crippen molar-refractivity contribution < 1.29 is 0 Å². The normalized spacial score (nSPS) is 21.8. The fraction of sp³-hybridized carbons (Fsp3) is 0.220. The van der Waals surface area contributed by atoms with Gasteiger partial charge in [0.25, 0.3) is 0 Å². The Morgan fingerprint density at radius 1 is 0.400 bits per heavy atom. The van der Waals surface area contributed by atoms with Crippen LogP contribution in [0.1, 0.15) is 69.1 Å². The highest BCUT2D eigenvalue weighted by atomic mass is 15.1. The van der Waals surface area contributed by atoms with Crippen molar-refractivity contribution in [2.75, 3.05) is 4.90 Å². The van der Waals surface area contributed by atoms with E-state index in [0.717, 1.165) is 34.8 Å². The maximum atomic E-state index is 2.53. The van der Waals surface area contributed by atoms with Gasteiger partial charge in [0.2, 0.25) is 0 Å². The minimum Gasteiger partial charge on any atom is -0.309 e. The first-order chi connectivity index (χ1) is 29.4. The zero-order valence-electron chi connectivity index (χ0n) is 34.7. The molecule has 8 aromatic carbocycles. The van der Waals surface area contributed by atoms with E-state index in [0.29, 0.717) is 5.41 Å². The minimum atomic E-state index is -0.125. The Bertz CT molecular complexity index is 2900. The zero-order chi connectivity index (χ0) is 40.0. The molecular weight excluding hydrogens is 723 g/mol. The topological polar surface area (TPSA) is 3.24 Å². The number of para-hydroxylation sites is 1. The molecule has 5 aliphatic rings. The molecule has 0 heterocycles. The van der Waals surface area contributed by atoms with Crippen LogP contribution in [0.2, 0.25) is 0 Å². The first-order valence-electron chi connectivity index (χ1n) is 22.3. The first-order valence-corrected chi connectivity index (χ1v) is 22.3. The molecule has 4 bridgehead atoms. The van der Waals surface area contributed by atoms with E-state index in [9.17, 15) is 0 Å². The summed E-state index contributed by atoms with van der Waals surface area (Å²) in [6.45, 7) is 4.76. The van der Waals surface area contributed by atoms with Gasteiger partial charge in [0.1, 0.15) is 0 Å². The van der Waals surface area contributed by atoms with Gasteiger partial charge in [0, 0.05) is 22.2 Å². The Labute approximate surface area is 355 Å². The lowest BCUT2D eigenvalue weighted by atomic mass is 9.48. The van der Waals surface area contributed by atoms with E-state index in [4.69, 9.17) is 0 Å². The number of nitrogens with zero attached hydrogens (tertiary/aromatic N) is 1. The molecule has 0 amide bonds. The molecule has 1 nitrogen and oxygen atoms in total. The molecule has 13 rings (SSSR count). The highest BCUT2D eigenvalue weighted by Gasteiger charge is 2.51. The number of hydrogen-bond donors (Lipinski definition) is 0. The lowest BCUT2D eigenvalue weighted by Crippen LogP contribution is -2.48. The van der Waals surface area contributed by atoms with Gasteiger partial charge in [-0.15, -0.1) is 0 Å². The van der Waals surface area contributed by atoms with E-state index < -0.39 is 0 Å². The van der Waals surface area contributed by atoms with E-state index >= 15 is 0 Å². The van der Waals surface area contributed by atoms with Crippen molar-refractivity contribution in [1.29, 1.82) is 0 Å². The molecule has 5 aliphatic carbocycles. The Hall–Kier alpha value is -6.18. The standard InChI is InChI=1S/C59H51N/c1-58(2)54-18-10-8-17-51(54)52-28-27-49(35-55(52)58)60(56-19-11-9-16-50(56)44-13-4-3-5-14-44)57-29-24-46(34-53(57)47-21-20-42-12-6-7-15-45(42)33-47)43-22-25-48(26-23-43)59-36-39-30-40(37-59)32-41(31-39)38-59/h3-29,33-35,39-41H,30-32,36-38H2,1-2H3. The summed E-state index contributed by atoms with van der Waals surface area (Å²) in [5.41, 5.74) is 18.1. The van der Waals surface area contributed by atoms with Gasteiger partial charge in [-0.2, -0.15) is 0 Å². The van der Waals surface area contributed by atoms with Crippen LogP contribution in [0.3, 0.4) is 0 Å². The van der Waals surface area contributed by atoms with Crippen LogP contribution in [-0.2, 0) is 10.8 Å². The van der Waals surface area contributed by atoms with Crippen LogP contribution in [-0.4, -0.2) is 0 Å². The summed E-state index contributed by atoms with van der Waals surface area (Å²) in [6, 6.07) is 68.8. The van der Waals surface area contributed by atoms with Crippen LogP contribution in [0.4, 0.5) is 17.1 Å². The smallest absolute Gasteiger partial charge is 0.0540 e. The zero-order valence-corrected chi connectivity index (χ0v) is 34.7. The minimum absolute atomic E-state index is 0.125. The third kappa shape index (κ3) is 5.73. The van der Waals surface area contributed by atoms with Crippen molar-refractivity contribution in [2.24, 2.45) is 17.8 Å². The third-order valence-electron chi connectivity index (χ3n) is 15.2. The molecule has 0 saturated heterocycles. The van der Waals surface area contributed by atoms with E-state index in [2.05, 4.69) is 201 Å². The molecule has 0 atom stereocenters. The molecule has 0 aliphatic heterocycles. The van der Waals surface area contributed by atoms with E-state index in [1.807, 2.05) is 0 Å². The molecule has 60 heavy (non-hydrogen) atoms. The Balaban J connectivity index is 1.05. The van der Waals surface area contributed by atoms with Crippen molar-refractivity contribution >= 4 is 27.8 Å². The van der Waals surface area contributed by atoms with Crippen molar-refractivity contribution in [2.45, 2.75) is 63.2 Å². The van der Waals surface area contributed by atoms with Gasteiger partial charge in [-0.1, -0.05) is 159 Å². The predicted octanol–water partition coefficient (Wildman–Crippen LogP) is 16.1. The summed E-state index contributed by atoms with van der Waals surface area (Å²) < 4.78 is 0. The molecule has 292 valence electrons. The average molecular weight is 774 g/mol. The molecule has 4 saturated carbocycles. The number of rotatable bonds is 7. The first kappa shape index (κ1) is 35.7. The molecule has 1 heteroatoms. The van der Waals surface area contributed by atoms with Crippen LogP contribution in [0.25, 0.3) is 55.3 Å². The molecule has 4 fully saturated rings. The summed E-state index contributed by atoms with van der Waals surface area (Å²) in [5.74, 6) is 2.82. The van der Waals surface area contributed by atoms with E-state index in [1.54, 1.807) is 5.56 Å². The van der Waals surface area contributed by atoms with Crippen LogP contribution < -0.4 is 4.90 Å². The lowest BCUT2D eigenvalue weighted by molar-refractivity contribution is -0.00518. The van der Waals surface area contributed by atoms with Crippen molar-refractivity contribution in [1.82, 2.24) is 0 Å². The summed E-state index contributed by atoms with van der Waals surface area (Å²) in [5, 5.41) is 2.51. The van der Waals surface area contributed by atoms with Crippen LogP contribution in [0, 0.1) is 17.8 Å². The highest BCUT2D eigenvalue weighted by molar-refractivity contribution is 5.98. The van der Waals surface area contributed by atoms with E-state index in [-0.39, 0.29) is 5.41 Å². The fourth-order valence-corrected chi connectivity index (χ4v) is 12.7. The van der Waals surface area contributed by atoms with Crippen LogP contribution >= 0.6 is 0 Å². The predicted molar refractivity (Wildman–Crippen MR) is 252 cm³/mol. The van der Waals surface area contributed by atoms with Gasteiger partial charge >= 0.3 is 0 Å². The monoisotopic (exact) mass is 773 g/mol. The summed E-state index contributed by atoms with van der Waals surface area (Å²) in [4.78, 5) is 2.53. The average Bonchev–Trinajstić information content (AvgIpc) is 3.51. The molecule has 0 aromatic heterocycles. The number of benzene rings is 8. The second-order valence-electron chi connectivity index (χ2n) is 19.2. The van der Waals surface area contributed by atoms with Crippen molar-refractivity contribution in [3.63, 3.8) is 0 Å². The number of fused-ring (bicyclic) bond motifs is 4. The van der Waals surface area contributed by atoms with Gasteiger partial charge in [-0.3, -0.25) is 0 Å². The Kier molecular flexibility index (Phi) is 8.15. The summed E-state index contributed by atoms with van der Waals surface area (Å²) >= 11 is 0. The van der Waals surface area contributed by atoms with Gasteiger partial charge in [0.05, 0.1) is 11.4 Å². The molecule has 0 unspecified atom stereocenters. The van der Waals surface area contributed by atoms with Crippen LogP contribution in [0.5, 0.6) is 0 Å². The summed E-state index contributed by atoms with van der Waals surface area (Å²) in [7, 11) is 0. The van der Waals surface area contributed by atoms with Gasteiger partial charge in [0.15, 0.2) is 0 Å². The van der Waals surface area contributed by atoms with Gasteiger partial charge in [-0.05, 0) is 159 Å². The second-order valence-corrected chi connectivity index (χ2v) is 19.2. The molecule has 0 radical (unpaired) electrons. The Morgan fingerprint density at radius 2 is 1.00 bits per heavy atom. The SMILES string of the molecule is CC1(C)c2ccccc2-c2ccc(N(c3ccccc3-c3ccccc3)c3ccc(-c4ccc(C56CC7CC(CC(C7)C5)C6)cc4)cc3-c3ccc4ccccc4c3)cc21. The molecule has 0 spiro atoms. The highest BCUT2D eigenvalue weighted by Crippen LogP contribution is 2.61. The van der Waals surface area contributed by atoms with Crippen LogP contribution in [0.15, 0.2) is 182 Å². The van der Waals surface area contributed by atoms with Gasteiger partial charge in [-0.25, -0.2) is 0 Å². The molecule has 0 N–H and O–H groups in total. The largest absolute Gasteiger partial charge is 0.309 e. The lowest BCUT2D eigenvalue weighted by Gasteiger charge is -2.57. The molecular formula is C59H51N. The fourth-order valence-electron chi connectivity index (χ4n) is 12.7. The maximum absolute atomic E-state index is 2.53. The van der Waals surface area contributed by atoms with E-state index in [1.165, 1.54) is 105 Å². The molecule has 8 aromatic rings.